The minimum absolute atomic E-state index is 0.243. The van der Waals surface area contributed by atoms with Crippen molar-refractivity contribution in [3.05, 3.63) is 71.7 Å². The van der Waals surface area contributed by atoms with Crippen molar-refractivity contribution in [2.45, 2.75) is 26.7 Å². The van der Waals surface area contributed by atoms with Crippen LogP contribution < -0.4 is 10.1 Å². The molecular formula is C23H24FN3O4. The van der Waals surface area contributed by atoms with Crippen LogP contribution in [0, 0.1) is 12.7 Å². The predicted octanol–water partition coefficient (Wildman–Crippen LogP) is 4.00. The summed E-state index contributed by atoms with van der Waals surface area (Å²) < 4.78 is 25.2. The number of rotatable bonds is 8. The normalized spacial score (nSPS) is 10.7. The van der Waals surface area contributed by atoms with Gasteiger partial charge in [0.2, 0.25) is 0 Å². The molecule has 0 unspecified atom stereocenters. The highest BCUT2D eigenvalue weighted by Crippen LogP contribution is 2.25. The number of ether oxygens (including phenoxy) is 2. The van der Waals surface area contributed by atoms with Crippen LogP contribution in [0.4, 0.5) is 10.2 Å². The van der Waals surface area contributed by atoms with Gasteiger partial charge in [-0.05, 0) is 48.7 Å². The van der Waals surface area contributed by atoms with Crippen molar-refractivity contribution in [3.63, 3.8) is 0 Å². The lowest BCUT2D eigenvalue weighted by atomic mass is 10.0. The van der Waals surface area contributed by atoms with Gasteiger partial charge in [-0.2, -0.15) is 5.10 Å². The molecule has 3 rings (SSSR count). The number of hydrogen-bond acceptors (Lipinski definition) is 5. The maximum absolute atomic E-state index is 13.2. The second-order valence-corrected chi connectivity index (χ2v) is 7.25. The molecule has 3 aromatic rings. The molecule has 1 N–H and O–H groups in total. The zero-order chi connectivity index (χ0) is 22.4. The third kappa shape index (κ3) is 5.91. The highest BCUT2D eigenvalue weighted by atomic mass is 19.1. The third-order valence-corrected chi connectivity index (χ3v) is 4.42. The Bertz CT molecular complexity index is 1060. The molecule has 0 bridgehead atoms. The number of aromatic nitrogens is 2. The summed E-state index contributed by atoms with van der Waals surface area (Å²) in [5.74, 6) is -0.322. The molecule has 1 amide bonds. The smallest absolute Gasteiger partial charge is 0.344 e. The topological polar surface area (TPSA) is 82.5 Å². The van der Waals surface area contributed by atoms with E-state index in [-0.39, 0.29) is 18.3 Å². The lowest BCUT2D eigenvalue weighted by Crippen LogP contribution is -2.24. The number of para-hydroxylation sites is 1. The average molecular weight is 425 g/mol. The van der Waals surface area contributed by atoms with Gasteiger partial charge in [-0.1, -0.05) is 32.0 Å². The van der Waals surface area contributed by atoms with E-state index in [1.807, 2.05) is 32.0 Å². The lowest BCUT2D eigenvalue weighted by molar-refractivity contribution is -0.149. The summed E-state index contributed by atoms with van der Waals surface area (Å²) in [5, 5.41) is 6.94. The van der Waals surface area contributed by atoms with E-state index >= 15 is 0 Å². The summed E-state index contributed by atoms with van der Waals surface area (Å²) in [7, 11) is 0. The van der Waals surface area contributed by atoms with E-state index in [0.29, 0.717) is 22.9 Å². The van der Waals surface area contributed by atoms with E-state index in [0.717, 1.165) is 5.56 Å². The molecule has 31 heavy (non-hydrogen) atoms. The molecule has 0 atom stereocenters. The van der Waals surface area contributed by atoms with Gasteiger partial charge in [0.25, 0.3) is 5.91 Å². The Kier molecular flexibility index (Phi) is 7.02. The number of hydrogen-bond donors (Lipinski definition) is 1. The SMILES string of the molecule is Cc1cc(NC(=O)COC(=O)COc2ccccc2C(C)C)n(-c2ccc(F)cc2)n1. The number of nitrogens with one attached hydrogen (secondary N) is 1. The van der Waals surface area contributed by atoms with Crippen molar-refractivity contribution in [2.24, 2.45) is 0 Å². The summed E-state index contributed by atoms with van der Waals surface area (Å²) in [6, 6.07) is 14.8. The Hall–Kier alpha value is -3.68. The average Bonchev–Trinajstić information content (AvgIpc) is 3.11. The molecule has 0 fully saturated rings. The lowest BCUT2D eigenvalue weighted by Gasteiger charge is -2.13. The fourth-order valence-electron chi connectivity index (χ4n) is 2.96. The molecule has 0 radical (unpaired) electrons. The van der Waals surface area contributed by atoms with Gasteiger partial charge in [-0.25, -0.2) is 13.9 Å². The molecule has 2 aromatic carbocycles. The number of nitrogens with zero attached hydrogens (tertiary/aromatic N) is 2. The van der Waals surface area contributed by atoms with Gasteiger partial charge < -0.3 is 14.8 Å². The van der Waals surface area contributed by atoms with Gasteiger partial charge in [0, 0.05) is 6.07 Å². The van der Waals surface area contributed by atoms with Crippen LogP contribution in [0.25, 0.3) is 5.69 Å². The van der Waals surface area contributed by atoms with Crippen molar-refractivity contribution in [1.29, 1.82) is 0 Å². The number of esters is 1. The molecule has 0 aliphatic carbocycles. The fourth-order valence-corrected chi connectivity index (χ4v) is 2.96. The molecule has 0 saturated heterocycles. The Morgan fingerprint density at radius 2 is 1.81 bits per heavy atom. The Balaban J connectivity index is 1.54. The zero-order valence-corrected chi connectivity index (χ0v) is 17.6. The first-order valence-electron chi connectivity index (χ1n) is 9.83. The highest BCUT2D eigenvalue weighted by molar-refractivity contribution is 5.92. The summed E-state index contributed by atoms with van der Waals surface area (Å²) in [5.41, 5.74) is 2.23. The number of aryl methyl sites for hydroxylation is 1. The molecule has 1 aromatic heterocycles. The highest BCUT2D eigenvalue weighted by Gasteiger charge is 2.14. The first-order valence-corrected chi connectivity index (χ1v) is 9.83. The molecule has 0 aliphatic rings. The summed E-state index contributed by atoms with van der Waals surface area (Å²) in [6.45, 7) is 5.06. The molecular weight excluding hydrogens is 401 g/mol. The van der Waals surface area contributed by atoms with Crippen LogP contribution in [-0.2, 0) is 14.3 Å². The van der Waals surface area contributed by atoms with E-state index in [9.17, 15) is 14.0 Å². The van der Waals surface area contributed by atoms with Crippen LogP contribution >= 0.6 is 0 Å². The van der Waals surface area contributed by atoms with Crippen molar-refractivity contribution in [3.8, 4) is 11.4 Å². The summed E-state index contributed by atoms with van der Waals surface area (Å²) in [6.07, 6.45) is 0. The second kappa shape index (κ2) is 9.88. The van der Waals surface area contributed by atoms with E-state index in [4.69, 9.17) is 9.47 Å². The van der Waals surface area contributed by atoms with Crippen molar-refractivity contribution in [1.82, 2.24) is 9.78 Å². The van der Waals surface area contributed by atoms with Gasteiger partial charge in [0.1, 0.15) is 17.4 Å². The van der Waals surface area contributed by atoms with Gasteiger partial charge in [0.05, 0.1) is 11.4 Å². The van der Waals surface area contributed by atoms with Crippen LogP contribution in [0.1, 0.15) is 31.0 Å². The zero-order valence-electron chi connectivity index (χ0n) is 17.6. The maximum Gasteiger partial charge on any atom is 0.344 e. The van der Waals surface area contributed by atoms with Crippen LogP contribution in [0.15, 0.2) is 54.6 Å². The Morgan fingerprint density at radius 3 is 2.52 bits per heavy atom. The maximum atomic E-state index is 13.2. The number of amides is 1. The monoisotopic (exact) mass is 425 g/mol. The predicted molar refractivity (Wildman–Crippen MR) is 114 cm³/mol. The molecule has 7 nitrogen and oxygen atoms in total. The quantitative estimate of drug-likeness (QED) is 0.552. The van der Waals surface area contributed by atoms with Gasteiger partial charge in [0.15, 0.2) is 13.2 Å². The van der Waals surface area contributed by atoms with Gasteiger partial charge in [-0.3, -0.25) is 4.79 Å². The molecule has 0 aliphatic heterocycles. The molecule has 162 valence electrons. The standard InChI is InChI=1S/C23H24FN3O4/c1-15(2)19-6-4-5-7-20(19)30-14-23(29)31-13-22(28)25-21-12-16(3)26-27(21)18-10-8-17(24)9-11-18/h4-12,15H,13-14H2,1-3H3,(H,25,28). The Labute approximate surface area is 179 Å². The number of carbonyl (C=O) groups is 2. The number of benzene rings is 2. The van der Waals surface area contributed by atoms with Crippen molar-refractivity contribution in [2.75, 3.05) is 18.5 Å². The van der Waals surface area contributed by atoms with E-state index in [1.165, 1.54) is 16.8 Å². The van der Waals surface area contributed by atoms with E-state index < -0.39 is 18.5 Å². The first kappa shape index (κ1) is 22.0. The minimum Gasteiger partial charge on any atom is -0.482 e. The largest absolute Gasteiger partial charge is 0.482 e. The van der Waals surface area contributed by atoms with Crippen LogP contribution in [-0.4, -0.2) is 34.9 Å². The van der Waals surface area contributed by atoms with Gasteiger partial charge >= 0.3 is 5.97 Å². The Morgan fingerprint density at radius 1 is 1.10 bits per heavy atom. The molecule has 0 saturated carbocycles. The molecule has 0 spiro atoms. The van der Waals surface area contributed by atoms with E-state index in [1.54, 1.807) is 31.2 Å². The van der Waals surface area contributed by atoms with Gasteiger partial charge in [-0.15, -0.1) is 0 Å². The second-order valence-electron chi connectivity index (χ2n) is 7.25. The van der Waals surface area contributed by atoms with Crippen molar-refractivity contribution < 1.29 is 23.5 Å². The minimum atomic E-state index is -0.656. The summed E-state index contributed by atoms with van der Waals surface area (Å²) in [4.78, 5) is 24.2. The van der Waals surface area contributed by atoms with E-state index in [2.05, 4.69) is 10.4 Å². The number of halogens is 1. The summed E-state index contributed by atoms with van der Waals surface area (Å²) >= 11 is 0. The number of carbonyl (C=O) groups excluding carboxylic acids is 2. The van der Waals surface area contributed by atoms with Crippen LogP contribution in [0.2, 0.25) is 0 Å². The third-order valence-electron chi connectivity index (χ3n) is 4.42. The fraction of sp³-hybridized carbons (Fsp3) is 0.261. The van der Waals surface area contributed by atoms with Crippen LogP contribution in [0.3, 0.4) is 0 Å². The molecule has 1 heterocycles. The molecule has 8 heteroatoms. The van der Waals surface area contributed by atoms with Crippen LogP contribution in [0.5, 0.6) is 5.75 Å². The number of anilines is 1. The first-order chi connectivity index (χ1) is 14.8. The van der Waals surface area contributed by atoms with Crippen molar-refractivity contribution >= 4 is 17.7 Å².